The molecule has 3 aromatic rings. The van der Waals surface area contributed by atoms with E-state index in [1.54, 1.807) is 0 Å². The van der Waals surface area contributed by atoms with E-state index in [1.165, 1.54) is 40.1 Å². The van der Waals surface area contributed by atoms with E-state index >= 15 is 0 Å². The predicted octanol–water partition coefficient (Wildman–Crippen LogP) is 4.60. The lowest BCUT2D eigenvalue weighted by Crippen LogP contribution is -2.09. The van der Waals surface area contributed by atoms with Gasteiger partial charge in [-0.1, -0.05) is 32.0 Å². The van der Waals surface area contributed by atoms with Gasteiger partial charge in [0.2, 0.25) is 0 Å². The first kappa shape index (κ1) is 14.6. The minimum atomic E-state index is 0.575. The third-order valence-electron chi connectivity index (χ3n) is 5.42. The number of benzene rings is 1. The SMILES string of the molecule is CCc1cnc2n1CC(CC(C)c1c(C)[nH]c3ccccc13)C2. The number of hydrogen-bond donors (Lipinski definition) is 1. The lowest BCUT2D eigenvalue weighted by molar-refractivity contribution is 0.435. The van der Waals surface area contributed by atoms with Gasteiger partial charge in [-0.3, -0.25) is 0 Å². The summed E-state index contributed by atoms with van der Waals surface area (Å²) in [7, 11) is 0. The topological polar surface area (TPSA) is 33.6 Å². The second kappa shape index (κ2) is 5.55. The number of rotatable bonds is 4. The highest BCUT2D eigenvalue weighted by Gasteiger charge is 2.27. The minimum Gasteiger partial charge on any atom is -0.358 e. The van der Waals surface area contributed by atoms with E-state index < -0.39 is 0 Å². The van der Waals surface area contributed by atoms with Gasteiger partial charge in [-0.05, 0) is 43.2 Å². The predicted molar refractivity (Wildman–Crippen MR) is 94.9 cm³/mol. The first-order valence-electron chi connectivity index (χ1n) is 8.77. The minimum absolute atomic E-state index is 0.575. The fourth-order valence-corrected chi connectivity index (χ4v) is 4.41. The van der Waals surface area contributed by atoms with Crippen LogP contribution in [-0.2, 0) is 19.4 Å². The summed E-state index contributed by atoms with van der Waals surface area (Å²) in [6.07, 6.45) is 5.50. The Morgan fingerprint density at radius 2 is 2.17 bits per heavy atom. The third kappa shape index (κ3) is 2.39. The van der Waals surface area contributed by atoms with Gasteiger partial charge in [0.1, 0.15) is 5.82 Å². The standard InChI is InChI=1S/C20H25N3/c1-4-16-11-21-19-10-15(12-23(16)19)9-13(2)20-14(3)22-18-8-6-5-7-17(18)20/h5-8,11,13,15,22H,4,9-10,12H2,1-3H3. The summed E-state index contributed by atoms with van der Waals surface area (Å²) < 4.78 is 2.44. The molecule has 0 bridgehead atoms. The van der Waals surface area contributed by atoms with Gasteiger partial charge in [0.15, 0.2) is 0 Å². The van der Waals surface area contributed by atoms with Gasteiger partial charge in [-0.15, -0.1) is 0 Å². The van der Waals surface area contributed by atoms with Crippen molar-refractivity contribution in [3.63, 3.8) is 0 Å². The number of aromatic amines is 1. The third-order valence-corrected chi connectivity index (χ3v) is 5.42. The first-order valence-corrected chi connectivity index (χ1v) is 8.77. The number of aryl methyl sites for hydroxylation is 2. The molecule has 0 saturated carbocycles. The summed E-state index contributed by atoms with van der Waals surface area (Å²) in [4.78, 5) is 8.16. The van der Waals surface area contributed by atoms with Crippen LogP contribution in [0.1, 0.15) is 49.0 Å². The number of fused-ring (bicyclic) bond motifs is 2. The van der Waals surface area contributed by atoms with Gasteiger partial charge < -0.3 is 9.55 Å². The van der Waals surface area contributed by atoms with Crippen LogP contribution in [0.25, 0.3) is 10.9 Å². The normalized spacial score (nSPS) is 18.5. The van der Waals surface area contributed by atoms with E-state index in [4.69, 9.17) is 0 Å². The molecule has 1 N–H and O–H groups in total. The Morgan fingerprint density at radius 1 is 1.35 bits per heavy atom. The van der Waals surface area contributed by atoms with E-state index in [-0.39, 0.29) is 0 Å². The quantitative estimate of drug-likeness (QED) is 0.751. The second-order valence-electron chi connectivity index (χ2n) is 7.05. The van der Waals surface area contributed by atoms with Crippen LogP contribution in [0, 0.1) is 12.8 Å². The number of H-pyrrole nitrogens is 1. The number of nitrogens with one attached hydrogen (secondary N) is 1. The Kier molecular flexibility index (Phi) is 3.51. The smallest absolute Gasteiger partial charge is 0.109 e. The Bertz CT molecular complexity index is 840. The maximum absolute atomic E-state index is 4.61. The Balaban J connectivity index is 1.55. The molecule has 120 valence electrons. The molecule has 1 aliphatic rings. The summed E-state index contributed by atoms with van der Waals surface area (Å²) in [5.41, 5.74) is 5.47. The van der Waals surface area contributed by atoms with Crippen LogP contribution in [0.15, 0.2) is 30.5 Å². The molecular weight excluding hydrogens is 282 g/mol. The van der Waals surface area contributed by atoms with E-state index in [9.17, 15) is 0 Å². The van der Waals surface area contributed by atoms with Crippen LogP contribution in [-0.4, -0.2) is 14.5 Å². The maximum Gasteiger partial charge on any atom is 0.109 e. The van der Waals surface area contributed by atoms with E-state index in [2.05, 4.69) is 65.8 Å². The molecule has 0 amide bonds. The van der Waals surface area contributed by atoms with Crippen molar-refractivity contribution >= 4 is 10.9 Å². The van der Waals surface area contributed by atoms with Crippen LogP contribution in [0.2, 0.25) is 0 Å². The molecule has 1 aliphatic heterocycles. The molecular formula is C20H25N3. The average molecular weight is 307 g/mol. The van der Waals surface area contributed by atoms with Gasteiger partial charge in [-0.2, -0.15) is 0 Å². The van der Waals surface area contributed by atoms with Gasteiger partial charge in [0.25, 0.3) is 0 Å². The summed E-state index contributed by atoms with van der Waals surface area (Å²) in [6, 6.07) is 8.68. The first-order chi connectivity index (χ1) is 11.2. The van der Waals surface area contributed by atoms with Crippen LogP contribution in [0.3, 0.4) is 0 Å². The van der Waals surface area contributed by atoms with Gasteiger partial charge >= 0.3 is 0 Å². The molecule has 3 heteroatoms. The Hall–Kier alpha value is -2.03. The highest BCUT2D eigenvalue weighted by molar-refractivity contribution is 5.85. The lowest BCUT2D eigenvalue weighted by atomic mass is 9.88. The van der Waals surface area contributed by atoms with Crippen molar-refractivity contribution in [2.24, 2.45) is 5.92 Å². The number of nitrogens with zero attached hydrogens (tertiary/aromatic N) is 2. The summed E-state index contributed by atoms with van der Waals surface area (Å²) in [6.45, 7) is 7.95. The maximum atomic E-state index is 4.61. The van der Waals surface area contributed by atoms with Gasteiger partial charge in [0.05, 0.1) is 0 Å². The molecule has 2 atom stereocenters. The molecule has 4 rings (SSSR count). The molecule has 0 saturated heterocycles. The van der Waals surface area contributed by atoms with Gasteiger partial charge in [0, 0.05) is 41.5 Å². The van der Waals surface area contributed by atoms with E-state index in [0.717, 1.165) is 19.4 Å². The molecule has 0 spiro atoms. The highest BCUT2D eigenvalue weighted by atomic mass is 15.1. The highest BCUT2D eigenvalue weighted by Crippen LogP contribution is 2.35. The molecule has 0 aliphatic carbocycles. The second-order valence-corrected chi connectivity index (χ2v) is 7.05. The van der Waals surface area contributed by atoms with Crippen molar-refractivity contribution in [1.29, 1.82) is 0 Å². The zero-order chi connectivity index (χ0) is 16.0. The molecule has 2 unspecified atom stereocenters. The molecule has 2 aromatic heterocycles. The molecule has 3 nitrogen and oxygen atoms in total. The van der Waals surface area contributed by atoms with Crippen molar-refractivity contribution in [2.45, 2.75) is 52.5 Å². The monoisotopic (exact) mass is 307 g/mol. The van der Waals surface area contributed by atoms with Gasteiger partial charge in [-0.25, -0.2) is 4.98 Å². The van der Waals surface area contributed by atoms with Crippen LogP contribution in [0.4, 0.5) is 0 Å². The zero-order valence-corrected chi connectivity index (χ0v) is 14.3. The van der Waals surface area contributed by atoms with Crippen molar-refractivity contribution in [2.75, 3.05) is 0 Å². The van der Waals surface area contributed by atoms with Crippen molar-refractivity contribution in [3.05, 3.63) is 53.2 Å². The molecule has 0 radical (unpaired) electrons. The Morgan fingerprint density at radius 3 is 3.00 bits per heavy atom. The van der Waals surface area contributed by atoms with Crippen molar-refractivity contribution in [3.8, 4) is 0 Å². The fourth-order valence-electron chi connectivity index (χ4n) is 4.41. The van der Waals surface area contributed by atoms with Crippen molar-refractivity contribution < 1.29 is 0 Å². The number of imidazole rings is 1. The molecule has 1 aromatic carbocycles. The molecule has 3 heterocycles. The fraction of sp³-hybridized carbons (Fsp3) is 0.450. The summed E-state index contributed by atoms with van der Waals surface area (Å²) in [5.74, 6) is 2.58. The summed E-state index contributed by atoms with van der Waals surface area (Å²) >= 11 is 0. The van der Waals surface area contributed by atoms with Crippen LogP contribution < -0.4 is 0 Å². The van der Waals surface area contributed by atoms with E-state index in [1.807, 2.05) is 0 Å². The lowest BCUT2D eigenvalue weighted by Gasteiger charge is -2.17. The molecule has 0 fully saturated rings. The largest absolute Gasteiger partial charge is 0.358 e. The Labute approximate surface area is 137 Å². The van der Waals surface area contributed by atoms with Crippen LogP contribution >= 0.6 is 0 Å². The van der Waals surface area contributed by atoms with Crippen molar-refractivity contribution in [1.82, 2.24) is 14.5 Å². The number of para-hydroxylation sites is 1. The zero-order valence-electron chi connectivity index (χ0n) is 14.3. The number of hydrogen-bond acceptors (Lipinski definition) is 1. The summed E-state index contributed by atoms with van der Waals surface area (Å²) in [5, 5.41) is 1.39. The molecule has 23 heavy (non-hydrogen) atoms. The van der Waals surface area contributed by atoms with Crippen LogP contribution in [0.5, 0.6) is 0 Å². The number of aromatic nitrogens is 3. The average Bonchev–Trinajstić information content (AvgIpc) is 3.17. The van der Waals surface area contributed by atoms with E-state index in [0.29, 0.717) is 11.8 Å².